The molecule has 2 aromatic carbocycles. The normalized spacial score (nSPS) is 11.8. The molecule has 0 unspecified atom stereocenters. The lowest BCUT2D eigenvalue weighted by Crippen LogP contribution is -2.14. The number of alkyl halides is 3. The first kappa shape index (κ1) is 19.1. The molecule has 0 bridgehead atoms. The molecule has 29 heavy (non-hydrogen) atoms. The van der Waals surface area contributed by atoms with Crippen molar-refractivity contribution in [2.24, 2.45) is 0 Å². The quantitative estimate of drug-likeness (QED) is 0.521. The summed E-state index contributed by atoms with van der Waals surface area (Å²) >= 11 is 0.964. The van der Waals surface area contributed by atoms with Gasteiger partial charge in [0.15, 0.2) is 10.8 Å². The Hall–Kier alpha value is -3.27. The highest BCUT2D eigenvalue weighted by Gasteiger charge is 2.31. The van der Waals surface area contributed by atoms with Gasteiger partial charge in [-0.05, 0) is 43.7 Å². The number of thiazole rings is 1. The number of benzene rings is 2. The molecule has 0 fully saturated rings. The number of anilines is 1. The van der Waals surface area contributed by atoms with Crippen LogP contribution >= 0.6 is 11.3 Å². The summed E-state index contributed by atoms with van der Waals surface area (Å²) in [5.74, 6) is -0.530. The summed E-state index contributed by atoms with van der Waals surface area (Å²) in [6.45, 7) is 3.64. The minimum absolute atomic E-state index is 0.114. The van der Waals surface area contributed by atoms with Crippen LogP contribution in [-0.2, 0) is 6.18 Å². The van der Waals surface area contributed by atoms with E-state index in [0.717, 1.165) is 34.7 Å². The Morgan fingerprint density at radius 3 is 2.62 bits per heavy atom. The maximum atomic E-state index is 12.9. The Bertz CT molecular complexity index is 1230. The maximum absolute atomic E-state index is 12.9. The number of aromatic nitrogens is 4. The number of halogens is 3. The molecule has 2 aromatic heterocycles. The molecule has 2 heterocycles. The third kappa shape index (κ3) is 3.58. The van der Waals surface area contributed by atoms with E-state index in [-0.39, 0.29) is 10.8 Å². The molecular formula is C19H14F3N5OS. The number of para-hydroxylation sites is 1. The zero-order valence-corrected chi connectivity index (χ0v) is 16.1. The molecule has 1 N–H and O–H groups in total. The van der Waals surface area contributed by atoms with Crippen LogP contribution in [0.3, 0.4) is 0 Å². The van der Waals surface area contributed by atoms with E-state index >= 15 is 0 Å². The molecule has 0 aliphatic rings. The van der Waals surface area contributed by atoms with Gasteiger partial charge in [0.05, 0.1) is 27.2 Å². The van der Waals surface area contributed by atoms with E-state index in [0.29, 0.717) is 15.9 Å². The van der Waals surface area contributed by atoms with Crippen LogP contribution in [0, 0.1) is 13.8 Å². The summed E-state index contributed by atoms with van der Waals surface area (Å²) in [6.07, 6.45) is -4.44. The minimum atomic E-state index is -4.44. The largest absolute Gasteiger partial charge is 0.416 e. The number of rotatable bonds is 3. The van der Waals surface area contributed by atoms with Gasteiger partial charge >= 0.3 is 6.18 Å². The summed E-state index contributed by atoms with van der Waals surface area (Å²) in [5, 5.41) is 10.8. The van der Waals surface area contributed by atoms with Crippen LogP contribution in [0.4, 0.5) is 18.3 Å². The third-order valence-electron chi connectivity index (χ3n) is 4.39. The molecular weight excluding hydrogens is 403 g/mol. The van der Waals surface area contributed by atoms with Crippen molar-refractivity contribution in [3.05, 3.63) is 65.0 Å². The van der Waals surface area contributed by atoms with Gasteiger partial charge in [-0.2, -0.15) is 13.2 Å². The average molecular weight is 417 g/mol. The highest BCUT2D eigenvalue weighted by Crippen LogP contribution is 2.34. The summed E-state index contributed by atoms with van der Waals surface area (Å²) in [4.78, 5) is 16.8. The van der Waals surface area contributed by atoms with Crippen LogP contribution in [0.15, 0.2) is 42.5 Å². The zero-order chi connectivity index (χ0) is 20.8. The van der Waals surface area contributed by atoms with Crippen molar-refractivity contribution < 1.29 is 18.0 Å². The molecule has 6 nitrogen and oxygen atoms in total. The third-order valence-corrected chi connectivity index (χ3v) is 5.32. The molecule has 4 aromatic rings. The van der Waals surface area contributed by atoms with E-state index in [4.69, 9.17) is 0 Å². The van der Waals surface area contributed by atoms with Crippen molar-refractivity contribution in [1.82, 2.24) is 20.0 Å². The number of hydrogen-bond acceptors (Lipinski definition) is 5. The van der Waals surface area contributed by atoms with Crippen LogP contribution < -0.4 is 5.32 Å². The second-order valence-corrected chi connectivity index (χ2v) is 7.41. The lowest BCUT2D eigenvalue weighted by atomic mass is 10.2. The number of fused-ring (bicyclic) bond motifs is 1. The number of carbonyl (C=O) groups is 1. The summed E-state index contributed by atoms with van der Waals surface area (Å²) in [7, 11) is 0. The summed E-state index contributed by atoms with van der Waals surface area (Å²) in [5.41, 5.74) is 2.04. The standard InChI is InChI=1S/C19H14F3N5OS/c1-10-5-3-4-6-14(10)27-11(2)16(25-26-27)17(28)24-18-23-13-8-7-12(19(20,21)22)9-15(13)29-18/h3-9H,1-2H3,(H,23,24,28). The number of nitrogens with zero attached hydrogens (tertiary/aromatic N) is 4. The number of aryl methyl sites for hydroxylation is 1. The molecule has 0 spiro atoms. The molecule has 0 aliphatic heterocycles. The second-order valence-electron chi connectivity index (χ2n) is 6.38. The van der Waals surface area contributed by atoms with Crippen LogP contribution in [-0.4, -0.2) is 25.9 Å². The van der Waals surface area contributed by atoms with Gasteiger partial charge in [-0.15, -0.1) is 5.10 Å². The van der Waals surface area contributed by atoms with Crippen LogP contribution in [0.2, 0.25) is 0 Å². The molecule has 0 atom stereocenters. The average Bonchev–Trinajstić information content (AvgIpc) is 3.23. The number of hydrogen-bond donors (Lipinski definition) is 1. The zero-order valence-electron chi connectivity index (χ0n) is 15.3. The number of carbonyl (C=O) groups excluding carboxylic acids is 1. The smallest absolute Gasteiger partial charge is 0.296 e. The van der Waals surface area contributed by atoms with Crippen molar-refractivity contribution in [1.29, 1.82) is 0 Å². The summed E-state index contributed by atoms with van der Waals surface area (Å²) in [6, 6.07) is 10.8. The van der Waals surface area contributed by atoms with Gasteiger partial charge in [-0.25, -0.2) is 9.67 Å². The van der Waals surface area contributed by atoms with Crippen molar-refractivity contribution in [3.63, 3.8) is 0 Å². The predicted molar refractivity (Wildman–Crippen MR) is 103 cm³/mol. The maximum Gasteiger partial charge on any atom is 0.416 e. The van der Waals surface area contributed by atoms with E-state index in [1.54, 1.807) is 11.6 Å². The monoisotopic (exact) mass is 417 g/mol. The van der Waals surface area contributed by atoms with Crippen molar-refractivity contribution in [2.45, 2.75) is 20.0 Å². The van der Waals surface area contributed by atoms with E-state index in [9.17, 15) is 18.0 Å². The van der Waals surface area contributed by atoms with Gasteiger partial charge in [-0.3, -0.25) is 10.1 Å². The van der Waals surface area contributed by atoms with E-state index in [1.165, 1.54) is 6.07 Å². The van der Waals surface area contributed by atoms with Crippen molar-refractivity contribution in [2.75, 3.05) is 5.32 Å². The van der Waals surface area contributed by atoms with Gasteiger partial charge < -0.3 is 0 Å². The number of amides is 1. The predicted octanol–water partition coefficient (Wildman–Crippen LogP) is 4.76. The fraction of sp³-hybridized carbons (Fsp3) is 0.158. The minimum Gasteiger partial charge on any atom is -0.296 e. The molecule has 0 radical (unpaired) electrons. The first-order valence-corrected chi connectivity index (χ1v) is 9.33. The SMILES string of the molecule is Cc1ccccc1-n1nnc(C(=O)Nc2nc3ccc(C(F)(F)F)cc3s2)c1C. The molecule has 0 saturated heterocycles. The second kappa shape index (κ2) is 6.96. The van der Waals surface area contributed by atoms with Crippen LogP contribution in [0.25, 0.3) is 15.9 Å². The highest BCUT2D eigenvalue weighted by molar-refractivity contribution is 7.22. The molecule has 10 heteroatoms. The molecule has 1 amide bonds. The fourth-order valence-corrected chi connectivity index (χ4v) is 3.78. The van der Waals surface area contributed by atoms with Gasteiger partial charge in [0, 0.05) is 0 Å². The number of nitrogens with one attached hydrogen (secondary N) is 1. The lowest BCUT2D eigenvalue weighted by Gasteiger charge is -2.06. The van der Waals surface area contributed by atoms with Gasteiger partial charge in [0.25, 0.3) is 5.91 Å². The van der Waals surface area contributed by atoms with Gasteiger partial charge in [0.1, 0.15) is 0 Å². The van der Waals surface area contributed by atoms with E-state index in [2.05, 4.69) is 20.6 Å². The molecule has 4 rings (SSSR count). The van der Waals surface area contributed by atoms with Crippen LogP contribution in [0.1, 0.15) is 27.3 Å². The lowest BCUT2D eigenvalue weighted by molar-refractivity contribution is -0.137. The molecule has 0 aliphatic carbocycles. The topological polar surface area (TPSA) is 72.7 Å². The molecule has 0 saturated carbocycles. The van der Waals surface area contributed by atoms with E-state index < -0.39 is 17.6 Å². The Morgan fingerprint density at radius 2 is 1.90 bits per heavy atom. The Kier molecular flexibility index (Phi) is 4.58. The van der Waals surface area contributed by atoms with Crippen LogP contribution in [0.5, 0.6) is 0 Å². The van der Waals surface area contributed by atoms with Crippen molar-refractivity contribution in [3.8, 4) is 5.69 Å². The molecule has 148 valence electrons. The van der Waals surface area contributed by atoms with Gasteiger partial charge in [0.2, 0.25) is 0 Å². The Balaban J connectivity index is 1.61. The Labute approximate surface area is 167 Å². The first-order valence-electron chi connectivity index (χ1n) is 8.51. The van der Waals surface area contributed by atoms with Crippen molar-refractivity contribution >= 4 is 32.6 Å². The Morgan fingerprint density at radius 1 is 1.14 bits per heavy atom. The van der Waals surface area contributed by atoms with E-state index in [1.807, 2.05) is 31.2 Å². The first-order chi connectivity index (χ1) is 13.7. The highest BCUT2D eigenvalue weighted by atomic mass is 32.1. The van der Waals surface area contributed by atoms with Gasteiger partial charge in [-0.1, -0.05) is 34.7 Å². The fourth-order valence-electron chi connectivity index (χ4n) is 2.88. The summed E-state index contributed by atoms with van der Waals surface area (Å²) < 4.78 is 40.5.